The molecule has 1 N–H and O–H groups in total. The zero-order valence-electron chi connectivity index (χ0n) is 16.7. The van der Waals surface area contributed by atoms with Crippen LogP contribution < -0.4 is 9.47 Å². The minimum Gasteiger partial charge on any atom is -0.488 e. The summed E-state index contributed by atoms with van der Waals surface area (Å²) in [7, 11) is 0. The standard InChI is InChI=1S/C22H25NO6/c1-22(2,3)29-21(26)23-14-18(13-19(23)20(24)25)28-17-11-9-16(10-12-17)27-15-7-5-4-6-8-15/h4-12,18-19H,13-14H2,1-3H3,(H,24,25). The van der Waals surface area contributed by atoms with Gasteiger partial charge >= 0.3 is 12.1 Å². The molecule has 1 aliphatic heterocycles. The molecule has 2 aromatic carbocycles. The van der Waals surface area contributed by atoms with E-state index in [2.05, 4.69) is 0 Å². The van der Waals surface area contributed by atoms with E-state index in [4.69, 9.17) is 14.2 Å². The number of carboxylic acids is 1. The number of carbonyl (C=O) groups is 2. The maximum absolute atomic E-state index is 12.4. The van der Waals surface area contributed by atoms with Crippen molar-refractivity contribution in [3.8, 4) is 17.2 Å². The van der Waals surface area contributed by atoms with E-state index in [1.165, 1.54) is 4.90 Å². The molecule has 2 atom stereocenters. The van der Waals surface area contributed by atoms with Crippen LogP contribution >= 0.6 is 0 Å². The van der Waals surface area contributed by atoms with Gasteiger partial charge in [-0.25, -0.2) is 9.59 Å². The fourth-order valence-electron chi connectivity index (χ4n) is 3.04. The molecule has 154 valence electrons. The van der Waals surface area contributed by atoms with Gasteiger partial charge < -0.3 is 19.3 Å². The van der Waals surface area contributed by atoms with Gasteiger partial charge in [-0.3, -0.25) is 4.90 Å². The summed E-state index contributed by atoms with van der Waals surface area (Å²) in [6.45, 7) is 5.37. The Labute approximate surface area is 169 Å². The largest absolute Gasteiger partial charge is 0.488 e. The summed E-state index contributed by atoms with van der Waals surface area (Å²) in [5, 5.41) is 9.47. The summed E-state index contributed by atoms with van der Waals surface area (Å²) in [6.07, 6.45) is -0.899. The van der Waals surface area contributed by atoms with E-state index in [9.17, 15) is 14.7 Å². The molecule has 0 radical (unpaired) electrons. The summed E-state index contributed by atoms with van der Waals surface area (Å²) in [5.74, 6) is 0.891. The number of aliphatic carboxylic acids is 1. The monoisotopic (exact) mass is 399 g/mol. The fraction of sp³-hybridized carbons (Fsp3) is 0.364. The normalized spacial score (nSPS) is 18.9. The van der Waals surface area contributed by atoms with Crippen molar-refractivity contribution in [3.63, 3.8) is 0 Å². The molecule has 1 heterocycles. The molecule has 2 aromatic rings. The number of hydrogen-bond donors (Lipinski definition) is 1. The maximum Gasteiger partial charge on any atom is 0.411 e. The van der Waals surface area contributed by atoms with Crippen molar-refractivity contribution in [2.75, 3.05) is 6.54 Å². The molecule has 29 heavy (non-hydrogen) atoms. The van der Waals surface area contributed by atoms with Crippen LogP contribution in [0.3, 0.4) is 0 Å². The Balaban J connectivity index is 1.62. The molecule has 1 fully saturated rings. The first-order valence-electron chi connectivity index (χ1n) is 9.43. The van der Waals surface area contributed by atoms with E-state index >= 15 is 0 Å². The van der Waals surface area contributed by atoms with Crippen molar-refractivity contribution in [1.82, 2.24) is 4.90 Å². The first-order valence-corrected chi connectivity index (χ1v) is 9.43. The third-order valence-corrected chi connectivity index (χ3v) is 4.28. The zero-order chi connectivity index (χ0) is 21.0. The van der Waals surface area contributed by atoms with Crippen LogP contribution in [0.5, 0.6) is 17.2 Å². The number of carboxylic acid groups (broad SMARTS) is 1. The van der Waals surface area contributed by atoms with Gasteiger partial charge in [0, 0.05) is 6.42 Å². The molecule has 0 aromatic heterocycles. The summed E-state index contributed by atoms with van der Waals surface area (Å²) in [6, 6.07) is 15.5. The van der Waals surface area contributed by atoms with Crippen LogP contribution in [0.1, 0.15) is 27.2 Å². The second kappa shape index (κ2) is 8.43. The van der Waals surface area contributed by atoms with Crippen LogP contribution in [0.25, 0.3) is 0 Å². The lowest BCUT2D eigenvalue weighted by Gasteiger charge is -2.26. The van der Waals surface area contributed by atoms with Crippen LogP contribution in [0, 0.1) is 0 Å². The van der Waals surface area contributed by atoms with E-state index in [-0.39, 0.29) is 13.0 Å². The van der Waals surface area contributed by atoms with Gasteiger partial charge in [-0.15, -0.1) is 0 Å². The van der Waals surface area contributed by atoms with E-state index < -0.39 is 29.8 Å². The Bertz CT molecular complexity index is 844. The van der Waals surface area contributed by atoms with Crippen LogP contribution in [0.4, 0.5) is 4.79 Å². The molecule has 7 heteroatoms. The Kier molecular flexibility index (Phi) is 5.96. The van der Waals surface area contributed by atoms with Gasteiger partial charge in [0.05, 0.1) is 6.54 Å². The Morgan fingerprint density at radius 2 is 1.55 bits per heavy atom. The Morgan fingerprint density at radius 3 is 2.14 bits per heavy atom. The third-order valence-electron chi connectivity index (χ3n) is 4.28. The SMILES string of the molecule is CC(C)(C)OC(=O)N1CC(Oc2ccc(Oc3ccccc3)cc2)CC1C(=O)O. The Morgan fingerprint density at radius 1 is 0.966 bits per heavy atom. The first kappa shape index (κ1) is 20.5. The number of benzene rings is 2. The van der Waals surface area contributed by atoms with Crippen molar-refractivity contribution in [3.05, 3.63) is 54.6 Å². The van der Waals surface area contributed by atoms with Crippen molar-refractivity contribution in [1.29, 1.82) is 0 Å². The van der Waals surface area contributed by atoms with E-state index in [1.807, 2.05) is 30.3 Å². The Hall–Kier alpha value is -3.22. The molecule has 1 saturated heterocycles. The molecule has 0 bridgehead atoms. The summed E-state index contributed by atoms with van der Waals surface area (Å²) in [4.78, 5) is 25.2. The van der Waals surface area contributed by atoms with Gasteiger partial charge in [-0.1, -0.05) is 18.2 Å². The predicted octanol–water partition coefficient (Wildman–Crippen LogP) is 4.32. The molecule has 1 amide bonds. The van der Waals surface area contributed by atoms with E-state index in [0.29, 0.717) is 11.5 Å². The molecule has 0 aliphatic carbocycles. The number of rotatable bonds is 5. The molecule has 2 unspecified atom stereocenters. The lowest BCUT2D eigenvalue weighted by atomic mass is 10.2. The van der Waals surface area contributed by atoms with Gasteiger partial charge in [0.25, 0.3) is 0 Å². The molecule has 0 spiro atoms. The predicted molar refractivity (Wildman–Crippen MR) is 106 cm³/mol. The number of amides is 1. The molecular formula is C22H25NO6. The zero-order valence-corrected chi connectivity index (χ0v) is 16.7. The third kappa shape index (κ3) is 5.63. The van der Waals surface area contributed by atoms with Crippen molar-refractivity contribution < 1.29 is 28.9 Å². The van der Waals surface area contributed by atoms with Gasteiger partial charge in [0.15, 0.2) is 0 Å². The minimum atomic E-state index is -1.08. The van der Waals surface area contributed by atoms with E-state index in [1.54, 1.807) is 45.0 Å². The minimum absolute atomic E-state index is 0.147. The van der Waals surface area contributed by atoms with Crippen molar-refractivity contribution in [2.24, 2.45) is 0 Å². The van der Waals surface area contributed by atoms with Crippen LogP contribution in [0.2, 0.25) is 0 Å². The summed E-state index contributed by atoms with van der Waals surface area (Å²) >= 11 is 0. The lowest BCUT2D eigenvalue weighted by Crippen LogP contribution is -2.43. The average Bonchev–Trinajstić information content (AvgIpc) is 3.07. The van der Waals surface area contributed by atoms with Crippen molar-refractivity contribution >= 4 is 12.1 Å². The van der Waals surface area contributed by atoms with Gasteiger partial charge in [0.2, 0.25) is 0 Å². The quantitative estimate of drug-likeness (QED) is 0.806. The second-order valence-electron chi connectivity index (χ2n) is 7.85. The van der Waals surface area contributed by atoms with Crippen LogP contribution in [-0.4, -0.2) is 46.4 Å². The van der Waals surface area contributed by atoms with Crippen LogP contribution in [0.15, 0.2) is 54.6 Å². The van der Waals surface area contributed by atoms with Gasteiger partial charge in [-0.2, -0.15) is 0 Å². The molecule has 1 aliphatic rings. The highest BCUT2D eigenvalue weighted by molar-refractivity contribution is 5.81. The number of likely N-dealkylation sites (tertiary alicyclic amines) is 1. The van der Waals surface area contributed by atoms with Gasteiger partial charge in [-0.05, 0) is 57.2 Å². The molecule has 3 rings (SSSR count). The summed E-state index contributed by atoms with van der Waals surface area (Å²) in [5.41, 5.74) is -0.701. The highest BCUT2D eigenvalue weighted by Gasteiger charge is 2.42. The lowest BCUT2D eigenvalue weighted by molar-refractivity contribution is -0.142. The van der Waals surface area contributed by atoms with Crippen molar-refractivity contribution in [2.45, 2.75) is 44.9 Å². The molecular weight excluding hydrogens is 374 g/mol. The number of nitrogens with zero attached hydrogens (tertiary/aromatic N) is 1. The number of hydrogen-bond acceptors (Lipinski definition) is 5. The molecule has 0 saturated carbocycles. The molecule has 7 nitrogen and oxygen atoms in total. The van der Waals surface area contributed by atoms with E-state index in [0.717, 1.165) is 5.75 Å². The van der Waals surface area contributed by atoms with Gasteiger partial charge in [0.1, 0.15) is 35.0 Å². The topological polar surface area (TPSA) is 85.3 Å². The number of carbonyl (C=O) groups excluding carboxylic acids is 1. The fourth-order valence-corrected chi connectivity index (χ4v) is 3.04. The number of para-hydroxylation sites is 1. The average molecular weight is 399 g/mol. The smallest absolute Gasteiger partial charge is 0.411 e. The first-order chi connectivity index (χ1) is 13.7. The number of ether oxygens (including phenoxy) is 3. The highest BCUT2D eigenvalue weighted by atomic mass is 16.6. The van der Waals surface area contributed by atoms with Crippen LogP contribution in [-0.2, 0) is 9.53 Å². The highest BCUT2D eigenvalue weighted by Crippen LogP contribution is 2.28. The summed E-state index contributed by atoms with van der Waals surface area (Å²) < 4.78 is 17.0. The second-order valence-corrected chi connectivity index (χ2v) is 7.85. The maximum atomic E-state index is 12.4.